The highest BCUT2D eigenvalue weighted by Gasteiger charge is 2.24. The van der Waals surface area contributed by atoms with Crippen molar-refractivity contribution in [1.82, 2.24) is 4.90 Å². The monoisotopic (exact) mass is 141 g/mol. The van der Waals surface area contributed by atoms with Gasteiger partial charge in [0, 0.05) is 6.04 Å². The Bertz CT molecular complexity index is 94.9. The van der Waals surface area contributed by atoms with Crippen molar-refractivity contribution in [3.8, 4) is 0 Å². The van der Waals surface area contributed by atoms with E-state index in [4.69, 9.17) is 0 Å². The molecule has 1 atom stereocenters. The first-order valence-electron chi connectivity index (χ1n) is 4.49. The largest absolute Gasteiger partial charge is 0.300 e. The number of rotatable bonds is 3. The third kappa shape index (κ3) is 1.51. The van der Waals surface area contributed by atoms with Gasteiger partial charge < -0.3 is 4.90 Å². The van der Waals surface area contributed by atoms with Crippen molar-refractivity contribution in [1.29, 1.82) is 0 Å². The number of nitrogens with zero attached hydrogens (tertiary/aromatic N) is 1. The van der Waals surface area contributed by atoms with Crippen LogP contribution in [0.15, 0.2) is 0 Å². The molecule has 0 spiro atoms. The molecule has 1 heterocycles. The van der Waals surface area contributed by atoms with Crippen LogP contribution in [-0.2, 0) is 0 Å². The smallest absolute Gasteiger partial charge is 0.0116 e. The van der Waals surface area contributed by atoms with Crippen molar-refractivity contribution in [2.75, 3.05) is 13.1 Å². The highest BCUT2D eigenvalue weighted by atomic mass is 15.2. The molecule has 0 radical (unpaired) electrons. The Hall–Kier alpha value is -0.0400. The molecule has 1 saturated heterocycles. The number of likely N-dealkylation sites (tertiary alicyclic amines) is 1. The fourth-order valence-corrected chi connectivity index (χ4v) is 1.82. The maximum absolute atomic E-state index is 2.60. The van der Waals surface area contributed by atoms with Crippen molar-refractivity contribution in [3.05, 3.63) is 0 Å². The zero-order valence-electron chi connectivity index (χ0n) is 7.43. The summed E-state index contributed by atoms with van der Waals surface area (Å²) in [5.41, 5.74) is 0. The summed E-state index contributed by atoms with van der Waals surface area (Å²) in [5, 5.41) is 0. The van der Waals surface area contributed by atoms with Gasteiger partial charge in [-0.05, 0) is 31.8 Å². The lowest BCUT2D eigenvalue weighted by molar-refractivity contribution is 0.0848. The van der Waals surface area contributed by atoms with Crippen molar-refractivity contribution >= 4 is 0 Å². The molecule has 0 aromatic rings. The average molecular weight is 141 g/mol. The normalized spacial score (nSPS) is 22.8. The van der Waals surface area contributed by atoms with Crippen LogP contribution >= 0.6 is 0 Å². The summed E-state index contributed by atoms with van der Waals surface area (Å²) in [6.45, 7) is 9.63. The lowest BCUT2D eigenvalue weighted by atomic mass is 9.97. The van der Waals surface area contributed by atoms with Crippen LogP contribution in [0.1, 0.15) is 33.6 Å². The van der Waals surface area contributed by atoms with Crippen LogP contribution in [-0.4, -0.2) is 24.0 Å². The second kappa shape index (κ2) is 3.38. The quantitative estimate of drug-likeness (QED) is 0.582. The van der Waals surface area contributed by atoms with Crippen LogP contribution < -0.4 is 0 Å². The first-order valence-corrected chi connectivity index (χ1v) is 4.49. The SMILES string of the molecule is CCC(C(C)C)N1CCC1. The van der Waals surface area contributed by atoms with Gasteiger partial charge in [-0.2, -0.15) is 0 Å². The predicted molar refractivity (Wildman–Crippen MR) is 45.1 cm³/mol. The maximum atomic E-state index is 2.60. The van der Waals surface area contributed by atoms with Crippen molar-refractivity contribution < 1.29 is 0 Å². The standard InChI is InChI=1S/C9H19N/c1-4-9(8(2)3)10-6-5-7-10/h8-9H,4-7H2,1-3H3. The van der Waals surface area contributed by atoms with E-state index < -0.39 is 0 Å². The van der Waals surface area contributed by atoms with Gasteiger partial charge in [-0.15, -0.1) is 0 Å². The van der Waals surface area contributed by atoms with E-state index in [1.54, 1.807) is 0 Å². The van der Waals surface area contributed by atoms with Crippen LogP contribution in [0.2, 0.25) is 0 Å². The van der Waals surface area contributed by atoms with Crippen molar-refractivity contribution in [2.45, 2.75) is 39.7 Å². The van der Waals surface area contributed by atoms with E-state index in [0.29, 0.717) is 0 Å². The molecule has 1 unspecified atom stereocenters. The van der Waals surface area contributed by atoms with Gasteiger partial charge in [-0.3, -0.25) is 0 Å². The van der Waals surface area contributed by atoms with Crippen LogP contribution in [0.4, 0.5) is 0 Å². The fourth-order valence-electron chi connectivity index (χ4n) is 1.82. The molecule has 1 nitrogen and oxygen atoms in total. The van der Waals surface area contributed by atoms with E-state index in [0.717, 1.165) is 12.0 Å². The number of hydrogen-bond acceptors (Lipinski definition) is 1. The summed E-state index contributed by atoms with van der Waals surface area (Å²) in [4.78, 5) is 2.60. The molecule has 0 aromatic carbocycles. The topological polar surface area (TPSA) is 3.24 Å². The summed E-state index contributed by atoms with van der Waals surface area (Å²) >= 11 is 0. The minimum absolute atomic E-state index is 0.838. The Kier molecular flexibility index (Phi) is 2.72. The van der Waals surface area contributed by atoms with Crippen molar-refractivity contribution in [2.24, 2.45) is 5.92 Å². The van der Waals surface area contributed by atoms with Gasteiger partial charge in [0.1, 0.15) is 0 Å². The molecule has 1 fully saturated rings. The first-order chi connectivity index (χ1) is 4.75. The van der Waals surface area contributed by atoms with Gasteiger partial charge >= 0.3 is 0 Å². The van der Waals surface area contributed by atoms with Gasteiger partial charge in [0.2, 0.25) is 0 Å². The summed E-state index contributed by atoms with van der Waals surface area (Å²) in [6, 6.07) is 0.855. The maximum Gasteiger partial charge on any atom is 0.0116 e. The second-order valence-electron chi connectivity index (χ2n) is 3.61. The molecule has 0 saturated carbocycles. The molecule has 0 bridgehead atoms. The van der Waals surface area contributed by atoms with Gasteiger partial charge in [-0.1, -0.05) is 20.8 Å². The van der Waals surface area contributed by atoms with Gasteiger partial charge in [-0.25, -0.2) is 0 Å². The van der Waals surface area contributed by atoms with E-state index in [1.807, 2.05) is 0 Å². The minimum atomic E-state index is 0.838. The summed E-state index contributed by atoms with van der Waals surface area (Å²) in [5.74, 6) is 0.838. The average Bonchev–Trinajstić information content (AvgIpc) is 1.76. The Morgan fingerprint density at radius 1 is 1.30 bits per heavy atom. The van der Waals surface area contributed by atoms with E-state index >= 15 is 0 Å². The minimum Gasteiger partial charge on any atom is -0.300 e. The van der Waals surface area contributed by atoms with Crippen LogP contribution in [0, 0.1) is 5.92 Å². The zero-order chi connectivity index (χ0) is 7.56. The van der Waals surface area contributed by atoms with E-state index in [9.17, 15) is 0 Å². The lowest BCUT2D eigenvalue weighted by Gasteiger charge is -2.40. The molecule has 0 amide bonds. The second-order valence-corrected chi connectivity index (χ2v) is 3.61. The summed E-state index contributed by atoms with van der Waals surface area (Å²) in [7, 11) is 0. The Morgan fingerprint density at radius 2 is 1.90 bits per heavy atom. The van der Waals surface area contributed by atoms with Gasteiger partial charge in [0.25, 0.3) is 0 Å². The first kappa shape index (κ1) is 8.06. The Labute approximate surface area is 64.4 Å². The molecule has 1 rings (SSSR count). The van der Waals surface area contributed by atoms with Gasteiger partial charge in [0.05, 0.1) is 0 Å². The van der Waals surface area contributed by atoms with E-state index in [1.165, 1.54) is 25.9 Å². The van der Waals surface area contributed by atoms with Crippen molar-refractivity contribution in [3.63, 3.8) is 0 Å². The molecule has 10 heavy (non-hydrogen) atoms. The summed E-state index contributed by atoms with van der Waals surface area (Å²) in [6.07, 6.45) is 2.74. The van der Waals surface area contributed by atoms with Crippen LogP contribution in [0.5, 0.6) is 0 Å². The molecule has 1 aliphatic heterocycles. The molecule has 0 aliphatic carbocycles. The van der Waals surface area contributed by atoms with Gasteiger partial charge in [0.15, 0.2) is 0 Å². The molecule has 0 aromatic heterocycles. The molecule has 0 N–H and O–H groups in total. The summed E-state index contributed by atoms with van der Waals surface area (Å²) < 4.78 is 0. The van der Waals surface area contributed by atoms with Crippen LogP contribution in [0.25, 0.3) is 0 Å². The molecular weight excluding hydrogens is 122 g/mol. The molecule has 60 valence electrons. The van der Waals surface area contributed by atoms with Crippen LogP contribution in [0.3, 0.4) is 0 Å². The highest BCUT2D eigenvalue weighted by molar-refractivity contribution is 4.79. The zero-order valence-corrected chi connectivity index (χ0v) is 7.43. The third-order valence-electron chi connectivity index (χ3n) is 2.55. The number of hydrogen-bond donors (Lipinski definition) is 0. The highest BCUT2D eigenvalue weighted by Crippen LogP contribution is 2.19. The predicted octanol–water partition coefficient (Wildman–Crippen LogP) is 2.13. The molecule has 1 heteroatoms. The fraction of sp³-hybridized carbons (Fsp3) is 1.00. The Morgan fingerprint density at radius 3 is 2.00 bits per heavy atom. The molecular formula is C9H19N. The lowest BCUT2D eigenvalue weighted by Crippen LogP contribution is -2.47. The molecule has 1 aliphatic rings. The van der Waals surface area contributed by atoms with E-state index in [-0.39, 0.29) is 0 Å². The van der Waals surface area contributed by atoms with E-state index in [2.05, 4.69) is 25.7 Å². The third-order valence-corrected chi connectivity index (χ3v) is 2.55. The Balaban J connectivity index is 2.31.